The first-order valence-electron chi connectivity index (χ1n) is 6.45. The largest absolute Gasteiger partial charge is 0.399 e. The van der Waals surface area contributed by atoms with Gasteiger partial charge in [-0.05, 0) is 42.8 Å². The molecular formula is C16H13N5. The molecule has 1 heterocycles. The standard InChI is InChI=1S/C16H13N5/c1-10-2-3-11(8-17)6-14(10)21-16-13-5-4-12(18)7-15(13)19-9-20-16/h2-7,9H,18H2,1H3,(H,19,20,21). The first-order valence-corrected chi connectivity index (χ1v) is 6.45. The van der Waals surface area contributed by atoms with E-state index < -0.39 is 0 Å². The number of anilines is 3. The van der Waals surface area contributed by atoms with Crippen molar-refractivity contribution in [2.45, 2.75) is 6.92 Å². The average molecular weight is 275 g/mol. The summed E-state index contributed by atoms with van der Waals surface area (Å²) in [5, 5.41) is 13.2. The van der Waals surface area contributed by atoms with E-state index in [1.54, 1.807) is 18.2 Å². The van der Waals surface area contributed by atoms with E-state index in [-0.39, 0.29) is 0 Å². The number of nitrogen functional groups attached to an aromatic ring is 1. The van der Waals surface area contributed by atoms with Crippen molar-refractivity contribution >= 4 is 28.1 Å². The number of nitrogens with zero attached hydrogens (tertiary/aromatic N) is 3. The van der Waals surface area contributed by atoms with E-state index >= 15 is 0 Å². The quantitative estimate of drug-likeness (QED) is 0.701. The maximum Gasteiger partial charge on any atom is 0.141 e. The van der Waals surface area contributed by atoms with Crippen LogP contribution in [0.4, 0.5) is 17.2 Å². The van der Waals surface area contributed by atoms with Gasteiger partial charge in [-0.2, -0.15) is 5.26 Å². The summed E-state index contributed by atoms with van der Waals surface area (Å²) in [7, 11) is 0. The van der Waals surface area contributed by atoms with Crippen LogP contribution in [0.5, 0.6) is 0 Å². The van der Waals surface area contributed by atoms with Gasteiger partial charge in [0.1, 0.15) is 12.1 Å². The lowest BCUT2D eigenvalue weighted by Crippen LogP contribution is -1.98. The molecule has 3 N–H and O–H groups in total. The smallest absolute Gasteiger partial charge is 0.141 e. The molecule has 21 heavy (non-hydrogen) atoms. The molecule has 5 nitrogen and oxygen atoms in total. The molecule has 3 rings (SSSR count). The Balaban J connectivity index is 2.08. The number of fused-ring (bicyclic) bond motifs is 1. The van der Waals surface area contributed by atoms with Crippen LogP contribution in [0.3, 0.4) is 0 Å². The van der Waals surface area contributed by atoms with E-state index in [1.807, 2.05) is 25.1 Å². The molecule has 0 fully saturated rings. The van der Waals surface area contributed by atoms with E-state index in [2.05, 4.69) is 21.4 Å². The van der Waals surface area contributed by atoms with Crippen LogP contribution in [0.1, 0.15) is 11.1 Å². The van der Waals surface area contributed by atoms with Crippen LogP contribution in [-0.4, -0.2) is 9.97 Å². The van der Waals surface area contributed by atoms with E-state index in [1.165, 1.54) is 6.33 Å². The Hall–Kier alpha value is -3.13. The zero-order valence-electron chi connectivity index (χ0n) is 11.5. The maximum atomic E-state index is 9.00. The zero-order chi connectivity index (χ0) is 14.8. The van der Waals surface area contributed by atoms with Gasteiger partial charge in [0.2, 0.25) is 0 Å². The Morgan fingerprint density at radius 2 is 2.00 bits per heavy atom. The molecule has 0 saturated carbocycles. The van der Waals surface area contributed by atoms with Crippen LogP contribution in [0, 0.1) is 18.3 Å². The van der Waals surface area contributed by atoms with Crippen molar-refractivity contribution in [3.05, 3.63) is 53.9 Å². The van der Waals surface area contributed by atoms with E-state index in [0.717, 1.165) is 22.2 Å². The number of aromatic nitrogens is 2. The summed E-state index contributed by atoms with van der Waals surface area (Å²) in [5.41, 5.74) is 9.71. The van der Waals surface area contributed by atoms with Gasteiger partial charge >= 0.3 is 0 Å². The molecule has 0 atom stereocenters. The summed E-state index contributed by atoms with van der Waals surface area (Å²) in [6.07, 6.45) is 1.49. The maximum absolute atomic E-state index is 9.00. The monoisotopic (exact) mass is 275 g/mol. The highest BCUT2D eigenvalue weighted by molar-refractivity contribution is 5.92. The molecule has 1 aromatic heterocycles. The van der Waals surface area contributed by atoms with Gasteiger partial charge < -0.3 is 11.1 Å². The molecule has 0 unspecified atom stereocenters. The molecule has 0 radical (unpaired) electrons. The highest BCUT2D eigenvalue weighted by atomic mass is 15.0. The van der Waals surface area contributed by atoms with Crippen molar-refractivity contribution in [2.75, 3.05) is 11.1 Å². The van der Waals surface area contributed by atoms with Crippen LogP contribution >= 0.6 is 0 Å². The minimum atomic E-state index is 0.603. The van der Waals surface area contributed by atoms with Crippen molar-refractivity contribution in [1.82, 2.24) is 9.97 Å². The van der Waals surface area contributed by atoms with E-state index in [9.17, 15) is 0 Å². The summed E-state index contributed by atoms with van der Waals surface area (Å²) < 4.78 is 0. The second-order valence-corrected chi connectivity index (χ2v) is 4.77. The average Bonchev–Trinajstić information content (AvgIpc) is 2.49. The van der Waals surface area contributed by atoms with Gasteiger partial charge in [0, 0.05) is 16.8 Å². The third-order valence-corrected chi connectivity index (χ3v) is 3.28. The summed E-state index contributed by atoms with van der Waals surface area (Å²) in [6.45, 7) is 1.98. The van der Waals surface area contributed by atoms with Gasteiger partial charge in [-0.25, -0.2) is 9.97 Å². The van der Waals surface area contributed by atoms with Crippen LogP contribution in [-0.2, 0) is 0 Å². The number of aryl methyl sites for hydroxylation is 1. The number of hydrogen-bond donors (Lipinski definition) is 2. The molecule has 0 aliphatic heterocycles. The number of benzene rings is 2. The number of nitrogens with two attached hydrogens (primary N) is 1. The predicted octanol–water partition coefficient (Wildman–Crippen LogP) is 3.14. The van der Waals surface area contributed by atoms with Gasteiger partial charge in [0.15, 0.2) is 0 Å². The molecule has 0 aliphatic rings. The van der Waals surface area contributed by atoms with Crippen molar-refractivity contribution in [2.24, 2.45) is 0 Å². The second-order valence-electron chi connectivity index (χ2n) is 4.77. The summed E-state index contributed by atoms with van der Waals surface area (Å²) in [4.78, 5) is 8.50. The zero-order valence-corrected chi connectivity index (χ0v) is 11.5. The van der Waals surface area contributed by atoms with Crippen molar-refractivity contribution in [1.29, 1.82) is 5.26 Å². The number of nitrogens with one attached hydrogen (secondary N) is 1. The molecular weight excluding hydrogens is 262 g/mol. The first-order chi connectivity index (χ1) is 10.2. The molecule has 0 bridgehead atoms. The number of nitriles is 1. The van der Waals surface area contributed by atoms with Crippen LogP contribution in [0.15, 0.2) is 42.7 Å². The third kappa shape index (κ3) is 2.47. The Kier molecular flexibility index (Phi) is 3.13. The topological polar surface area (TPSA) is 87.6 Å². The fourth-order valence-electron chi connectivity index (χ4n) is 2.13. The fraction of sp³-hybridized carbons (Fsp3) is 0.0625. The number of rotatable bonds is 2. The van der Waals surface area contributed by atoms with Crippen molar-refractivity contribution < 1.29 is 0 Å². The Morgan fingerprint density at radius 1 is 1.14 bits per heavy atom. The predicted molar refractivity (Wildman–Crippen MR) is 83.1 cm³/mol. The van der Waals surface area contributed by atoms with Crippen LogP contribution in [0.2, 0.25) is 0 Å². The lowest BCUT2D eigenvalue weighted by molar-refractivity contribution is 1.21. The fourth-order valence-corrected chi connectivity index (χ4v) is 2.13. The van der Waals surface area contributed by atoms with E-state index in [0.29, 0.717) is 17.1 Å². The molecule has 2 aromatic carbocycles. The van der Waals surface area contributed by atoms with E-state index in [4.69, 9.17) is 11.0 Å². The van der Waals surface area contributed by atoms with Crippen LogP contribution < -0.4 is 11.1 Å². The molecule has 0 saturated heterocycles. The normalized spacial score (nSPS) is 10.3. The molecule has 0 aliphatic carbocycles. The van der Waals surface area contributed by atoms with Gasteiger partial charge in [0.25, 0.3) is 0 Å². The van der Waals surface area contributed by atoms with Gasteiger partial charge in [-0.1, -0.05) is 6.07 Å². The Bertz CT molecular complexity index is 864. The SMILES string of the molecule is Cc1ccc(C#N)cc1Nc1ncnc2cc(N)ccc12. The van der Waals surface area contributed by atoms with Gasteiger partial charge in [-0.3, -0.25) is 0 Å². The summed E-state index contributed by atoms with van der Waals surface area (Å²) in [6, 6.07) is 13.1. The Morgan fingerprint density at radius 3 is 2.81 bits per heavy atom. The van der Waals surface area contributed by atoms with Gasteiger partial charge in [-0.15, -0.1) is 0 Å². The third-order valence-electron chi connectivity index (χ3n) is 3.28. The number of hydrogen-bond acceptors (Lipinski definition) is 5. The highest BCUT2D eigenvalue weighted by Gasteiger charge is 2.06. The minimum Gasteiger partial charge on any atom is -0.399 e. The summed E-state index contributed by atoms with van der Waals surface area (Å²) in [5.74, 6) is 0.693. The van der Waals surface area contributed by atoms with Crippen LogP contribution in [0.25, 0.3) is 10.9 Å². The lowest BCUT2D eigenvalue weighted by Gasteiger charge is -2.11. The van der Waals surface area contributed by atoms with Crippen molar-refractivity contribution in [3.8, 4) is 6.07 Å². The van der Waals surface area contributed by atoms with Gasteiger partial charge in [0.05, 0.1) is 17.1 Å². The molecule has 5 heteroatoms. The van der Waals surface area contributed by atoms with Crippen molar-refractivity contribution in [3.63, 3.8) is 0 Å². The first kappa shape index (κ1) is 12.9. The highest BCUT2D eigenvalue weighted by Crippen LogP contribution is 2.26. The molecule has 0 spiro atoms. The minimum absolute atomic E-state index is 0.603. The lowest BCUT2D eigenvalue weighted by atomic mass is 10.1. The second kappa shape index (κ2) is 5.10. The Labute approximate surface area is 122 Å². The molecule has 3 aromatic rings. The molecule has 102 valence electrons. The molecule has 0 amide bonds. The summed E-state index contributed by atoms with van der Waals surface area (Å²) >= 11 is 0.